The van der Waals surface area contributed by atoms with Gasteiger partial charge in [-0.1, -0.05) is 24.3 Å². The number of nitrogens with zero attached hydrogens (tertiary/aromatic N) is 2. The number of halogens is 1. The van der Waals surface area contributed by atoms with Crippen molar-refractivity contribution in [1.29, 1.82) is 0 Å². The highest BCUT2D eigenvalue weighted by molar-refractivity contribution is 7.14. The number of carbonyl (C=O) groups excluding carboxylic acids is 3. The average Bonchev–Trinajstić information content (AvgIpc) is 3.52. The largest absolute Gasteiger partial charge is 0.507 e. The molecule has 1 aromatic heterocycles. The fourth-order valence-electron chi connectivity index (χ4n) is 4.62. The summed E-state index contributed by atoms with van der Waals surface area (Å²) in [5, 5.41) is 19.2. The second-order valence-electron chi connectivity index (χ2n) is 10.3. The number of amides is 3. The van der Waals surface area contributed by atoms with Crippen molar-refractivity contribution in [2.45, 2.75) is 32.3 Å². The predicted octanol–water partition coefficient (Wildman–Crippen LogP) is 6.58. The number of benzene rings is 3. The van der Waals surface area contributed by atoms with E-state index in [0.717, 1.165) is 27.7 Å². The topological polar surface area (TPSA) is 121 Å². The first-order valence-electron chi connectivity index (χ1n) is 12.5. The van der Waals surface area contributed by atoms with Crippen LogP contribution >= 0.6 is 22.9 Å². The highest BCUT2D eigenvalue weighted by atomic mass is 35.5. The second kappa shape index (κ2) is 10.8. The molecule has 1 atom stereocenters. The number of nitrogens with one attached hydrogen (secondary N) is 2. The van der Waals surface area contributed by atoms with E-state index >= 15 is 0 Å². The minimum Gasteiger partial charge on any atom is -0.507 e. The highest BCUT2D eigenvalue weighted by Gasteiger charge is 2.34. The maximum Gasteiger partial charge on any atom is 0.413 e. The van der Waals surface area contributed by atoms with E-state index in [0.29, 0.717) is 29.4 Å². The summed E-state index contributed by atoms with van der Waals surface area (Å²) in [5.74, 6) is -0.334. The number of thiazole rings is 1. The van der Waals surface area contributed by atoms with Crippen molar-refractivity contribution in [3.8, 4) is 5.75 Å². The van der Waals surface area contributed by atoms with Crippen LogP contribution < -0.4 is 15.5 Å². The predicted molar refractivity (Wildman–Crippen MR) is 157 cm³/mol. The Labute approximate surface area is 239 Å². The first-order valence-corrected chi connectivity index (χ1v) is 13.9. The molecule has 4 aromatic rings. The van der Waals surface area contributed by atoms with Crippen LogP contribution in [0, 0.1) is 0 Å². The van der Waals surface area contributed by atoms with Crippen LogP contribution in [0.5, 0.6) is 5.75 Å². The SMILES string of the molecule is CC(C)(C)OC(=O)Nc1nc(C(=O)Nc2ccc(C(=O)N3C[C@@H](CCl)c4c3cc(O)c3ccccc43)cc2)cs1. The smallest absolute Gasteiger partial charge is 0.413 e. The third-order valence-electron chi connectivity index (χ3n) is 6.31. The molecular weight excluding hydrogens is 552 g/mol. The van der Waals surface area contributed by atoms with Crippen molar-refractivity contribution in [2.24, 2.45) is 0 Å². The number of fused-ring (bicyclic) bond motifs is 3. The van der Waals surface area contributed by atoms with Crippen LogP contribution in [0.1, 0.15) is 53.1 Å². The molecule has 3 amide bonds. The molecule has 1 aliphatic rings. The zero-order valence-corrected chi connectivity index (χ0v) is 23.6. The molecule has 0 spiro atoms. The van der Waals surface area contributed by atoms with E-state index in [2.05, 4.69) is 15.6 Å². The first-order chi connectivity index (χ1) is 19.0. The van der Waals surface area contributed by atoms with E-state index in [1.807, 2.05) is 24.3 Å². The quantitative estimate of drug-likeness (QED) is 0.230. The number of ether oxygens (including phenoxy) is 1. The Balaban J connectivity index is 1.29. The molecule has 0 radical (unpaired) electrons. The van der Waals surface area contributed by atoms with Crippen LogP contribution in [0.4, 0.5) is 21.3 Å². The summed E-state index contributed by atoms with van der Waals surface area (Å²) in [7, 11) is 0. The fraction of sp³-hybridized carbons (Fsp3) is 0.241. The van der Waals surface area contributed by atoms with Gasteiger partial charge in [0.25, 0.3) is 11.8 Å². The van der Waals surface area contributed by atoms with E-state index in [1.54, 1.807) is 56.0 Å². The molecule has 3 N–H and O–H groups in total. The lowest BCUT2D eigenvalue weighted by atomic mass is 9.95. The monoisotopic (exact) mass is 578 g/mol. The molecule has 40 heavy (non-hydrogen) atoms. The number of hydrogen-bond donors (Lipinski definition) is 3. The number of phenolic OH excluding ortho intramolecular Hbond substituents is 1. The summed E-state index contributed by atoms with van der Waals surface area (Å²) in [6.07, 6.45) is -0.657. The third-order valence-corrected chi connectivity index (χ3v) is 7.44. The second-order valence-corrected chi connectivity index (χ2v) is 11.5. The molecule has 9 nitrogen and oxygen atoms in total. The van der Waals surface area contributed by atoms with Crippen LogP contribution in [-0.4, -0.2) is 46.0 Å². The molecule has 3 aromatic carbocycles. The van der Waals surface area contributed by atoms with Crippen molar-refractivity contribution < 1.29 is 24.2 Å². The molecule has 0 saturated carbocycles. The van der Waals surface area contributed by atoms with Crippen molar-refractivity contribution in [3.63, 3.8) is 0 Å². The number of aromatic nitrogens is 1. The Morgan fingerprint density at radius 2 is 1.80 bits per heavy atom. The van der Waals surface area contributed by atoms with Crippen molar-refractivity contribution in [1.82, 2.24) is 4.98 Å². The number of hydrogen-bond acceptors (Lipinski definition) is 7. The van der Waals surface area contributed by atoms with Gasteiger partial charge in [0.1, 0.15) is 17.0 Å². The molecule has 1 aliphatic heterocycles. The Hall–Kier alpha value is -4.15. The first kappa shape index (κ1) is 27.4. The number of carbonyl (C=O) groups is 3. The van der Waals surface area contributed by atoms with E-state index in [4.69, 9.17) is 16.3 Å². The zero-order chi connectivity index (χ0) is 28.6. The summed E-state index contributed by atoms with van der Waals surface area (Å²) in [4.78, 5) is 43.9. The lowest BCUT2D eigenvalue weighted by Gasteiger charge is -2.19. The zero-order valence-electron chi connectivity index (χ0n) is 22.0. The van der Waals surface area contributed by atoms with Gasteiger partial charge in [-0.3, -0.25) is 14.9 Å². The molecule has 2 heterocycles. The Morgan fingerprint density at radius 1 is 1.10 bits per heavy atom. The normalized spacial score (nSPS) is 14.6. The van der Waals surface area contributed by atoms with E-state index in [-0.39, 0.29) is 28.4 Å². The maximum absolute atomic E-state index is 13.5. The van der Waals surface area contributed by atoms with Crippen LogP contribution in [0.3, 0.4) is 0 Å². The van der Waals surface area contributed by atoms with Crippen LogP contribution in [0.15, 0.2) is 60.0 Å². The van der Waals surface area contributed by atoms with Gasteiger partial charge >= 0.3 is 6.09 Å². The summed E-state index contributed by atoms with van der Waals surface area (Å²) in [6, 6.07) is 15.7. The van der Waals surface area contributed by atoms with Crippen molar-refractivity contribution in [2.75, 3.05) is 28.0 Å². The lowest BCUT2D eigenvalue weighted by Crippen LogP contribution is -2.30. The Kier molecular flexibility index (Phi) is 7.39. The molecule has 0 fully saturated rings. The molecule has 0 saturated heterocycles. The summed E-state index contributed by atoms with van der Waals surface area (Å²) < 4.78 is 5.20. The molecule has 0 bridgehead atoms. The van der Waals surface area contributed by atoms with E-state index in [9.17, 15) is 19.5 Å². The number of alkyl halides is 1. The Morgan fingerprint density at radius 3 is 2.48 bits per heavy atom. The molecule has 11 heteroatoms. The number of aromatic hydroxyl groups is 1. The Bertz CT molecular complexity index is 1610. The minimum atomic E-state index is -0.658. The van der Waals surface area contributed by atoms with Gasteiger partial charge in [-0.05, 0) is 56.0 Å². The van der Waals surface area contributed by atoms with E-state index < -0.39 is 17.6 Å². The van der Waals surface area contributed by atoms with Crippen LogP contribution in [-0.2, 0) is 4.74 Å². The molecule has 5 rings (SSSR count). The summed E-state index contributed by atoms with van der Waals surface area (Å²) in [5.41, 5.74) is 1.96. The standard InChI is InChI=1S/C29H27ClN4O5S/c1-29(2,3)39-28(38)33-27-32-21(15-40-27)25(36)31-18-10-8-16(9-11-18)26(37)34-14-17(13-30)24-20-7-5-4-6-19(20)23(35)12-22(24)34/h4-12,15,17,35H,13-14H2,1-3H3,(H,31,36)(H,32,33,38)/t17-/m1/s1. The number of anilines is 3. The van der Waals surface area contributed by atoms with Gasteiger partial charge in [0.2, 0.25) is 0 Å². The molecule has 0 aliphatic carbocycles. The van der Waals surface area contributed by atoms with Gasteiger partial charge in [0.15, 0.2) is 5.13 Å². The number of phenols is 1. The van der Waals surface area contributed by atoms with Crippen molar-refractivity contribution >= 4 is 68.1 Å². The summed E-state index contributed by atoms with van der Waals surface area (Å²) >= 11 is 7.39. The van der Waals surface area contributed by atoms with Crippen LogP contribution in [0.2, 0.25) is 0 Å². The fourth-order valence-corrected chi connectivity index (χ4v) is 5.55. The van der Waals surface area contributed by atoms with Gasteiger partial charge in [-0.2, -0.15) is 0 Å². The van der Waals surface area contributed by atoms with Crippen LogP contribution in [0.25, 0.3) is 10.8 Å². The summed E-state index contributed by atoms with van der Waals surface area (Å²) in [6.45, 7) is 5.64. The van der Waals surface area contributed by atoms with Crippen molar-refractivity contribution in [3.05, 3.63) is 76.8 Å². The molecule has 0 unspecified atom stereocenters. The molecular formula is C29H27ClN4O5S. The molecule has 206 valence electrons. The van der Waals surface area contributed by atoms with Gasteiger partial charge in [0.05, 0.1) is 5.69 Å². The third kappa shape index (κ3) is 5.59. The van der Waals surface area contributed by atoms with E-state index in [1.165, 1.54) is 5.38 Å². The number of rotatable bonds is 5. The van der Waals surface area contributed by atoms with Gasteiger partial charge in [-0.25, -0.2) is 9.78 Å². The van der Waals surface area contributed by atoms with Gasteiger partial charge in [0, 0.05) is 46.4 Å². The average molecular weight is 579 g/mol. The lowest BCUT2D eigenvalue weighted by molar-refractivity contribution is 0.0635. The maximum atomic E-state index is 13.5. The highest BCUT2D eigenvalue weighted by Crippen LogP contribution is 2.45. The van der Waals surface area contributed by atoms with Gasteiger partial charge in [-0.15, -0.1) is 22.9 Å². The van der Waals surface area contributed by atoms with Gasteiger partial charge < -0.3 is 20.1 Å². The minimum absolute atomic E-state index is 0.0718.